The summed E-state index contributed by atoms with van der Waals surface area (Å²) in [5, 5.41) is 22.6. The zero-order chi connectivity index (χ0) is 12.8. The van der Waals surface area contributed by atoms with Crippen molar-refractivity contribution in [2.75, 3.05) is 25.6 Å². The number of hydrogen-bond donors (Lipinski definition) is 2. The minimum absolute atomic E-state index is 0.00376. The highest BCUT2D eigenvalue weighted by molar-refractivity contribution is 5.64. The van der Waals surface area contributed by atoms with E-state index in [9.17, 15) is 10.1 Å². The van der Waals surface area contributed by atoms with E-state index < -0.39 is 4.92 Å². The number of rotatable bonds is 6. The lowest BCUT2D eigenvalue weighted by atomic mass is 10.2. The van der Waals surface area contributed by atoms with E-state index in [0.717, 1.165) is 0 Å². The molecule has 0 amide bonds. The molecule has 0 aliphatic rings. The van der Waals surface area contributed by atoms with Gasteiger partial charge in [0.05, 0.1) is 12.0 Å². The predicted octanol–water partition coefficient (Wildman–Crippen LogP) is 1.64. The normalized spacial score (nSPS) is 11.9. The first kappa shape index (κ1) is 13.2. The molecule has 0 aromatic heterocycles. The van der Waals surface area contributed by atoms with Gasteiger partial charge in [-0.1, -0.05) is 6.92 Å². The van der Waals surface area contributed by atoms with E-state index in [4.69, 9.17) is 9.84 Å². The van der Waals surface area contributed by atoms with Gasteiger partial charge in [0, 0.05) is 25.3 Å². The van der Waals surface area contributed by atoms with Gasteiger partial charge < -0.3 is 15.2 Å². The molecule has 1 rings (SSSR count). The quantitative estimate of drug-likeness (QED) is 0.583. The van der Waals surface area contributed by atoms with Gasteiger partial charge in [-0.2, -0.15) is 0 Å². The Labute approximate surface area is 99.4 Å². The zero-order valence-electron chi connectivity index (χ0n) is 9.84. The molecule has 0 fully saturated rings. The molecule has 94 valence electrons. The molecule has 1 aromatic carbocycles. The van der Waals surface area contributed by atoms with Crippen molar-refractivity contribution in [3.8, 4) is 5.75 Å². The van der Waals surface area contributed by atoms with Crippen LogP contribution in [0.5, 0.6) is 5.75 Å². The molecule has 0 aliphatic carbocycles. The van der Waals surface area contributed by atoms with Crippen LogP contribution in [0.3, 0.4) is 0 Å². The fourth-order valence-electron chi connectivity index (χ4n) is 1.29. The first-order valence-corrected chi connectivity index (χ1v) is 5.25. The Balaban J connectivity index is 2.89. The summed E-state index contributed by atoms with van der Waals surface area (Å²) in [5.41, 5.74) is 0.394. The molecule has 6 nitrogen and oxygen atoms in total. The molecule has 0 heterocycles. The predicted molar refractivity (Wildman–Crippen MR) is 64.4 cm³/mol. The van der Waals surface area contributed by atoms with Crippen LogP contribution in [0.2, 0.25) is 0 Å². The number of methoxy groups -OCH3 is 1. The van der Waals surface area contributed by atoms with Crippen LogP contribution < -0.4 is 10.1 Å². The maximum Gasteiger partial charge on any atom is 0.292 e. The molecule has 0 saturated carbocycles. The average molecular weight is 240 g/mol. The smallest absolute Gasteiger partial charge is 0.292 e. The lowest BCUT2D eigenvalue weighted by Gasteiger charge is -2.11. The largest absolute Gasteiger partial charge is 0.497 e. The maximum absolute atomic E-state index is 10.8. The highest BCUT2D eigenvalue weighted by atomic mass is 16.6. The second-order valence-corrected chi connectivity index (χ2v) is 3.81. The Kier molecular flexibility index (Phi) is 4.71. The molecule has 0 radical (unpaired) electrons. The molecule has 17 heavy (non-hydrogen) atoms. The molecule has 0 saturated heterocycles. The van der Waals surface area contributed by atoms with E-state index in [1.165, 1.54) is 13.2 Å². The number of aliphatic hydroxyl groups excluding tert-OH is 1. The van der Waals surface area contributed by atoms with Crippen LogP contribution in [0.15, 0.2) is 18.2 Å². The first-order valence-electron chi connectivity index (χ1n) is 5.25. The van der Waals surface area contributed by atoms with E-state index in [2.05, 4.69) is 5.32 Å². The summed E-state index contributed by atoms with van der Waals surface area (Å²) in [6, 6.07) is 4.51. The number of nitrogens with zero attached hydrogens (tertiary/aromatic N) is 1. The third-order valence-electron chi connectivity index (χ3n) is 2.35. The highest BCUT2D eigenvalue weighted by Gasteiger charge is 2.14. The fraction of sp³-hybridized carbons (Fsp3) is 0.455. The second-order valence-electron chi connectivity index (χ2n) is 3.81. The van der Waals surface area contributed by atoms with Crippen LogP contribution >= 0.6 is 0 Å². The van der Waals surface area contributed by atoms with Crippen molar-refractivity contribution in [3.63, 3.8) is 0 Å². The van der Waals surface area contributed by atoms with Crippen molar-refractivity contribution in [2.45, 2.75) is 6.92 Å². The van der Waals surface area contributed by atoms with Gasteiger partial charge in [-0.05, 0) is 12.0 Å². The van der Waals surface area contributed by atoms with Gasteiger partial charge in [0.2, 0.25) is 0 Å². The van der Waals surface area contributed by atoms with Gasteiger partial charge >= 0.3 is 0 Å². The third-order valence-corrected chi connectivity index (χ3v) is 2.35. The van der Waals surface area contributed by atoms with E-state index in [-0.39, 0.29) is 18.2 Å². The van der Waals surface area contributed by atoms with Crippen molar-refractivity contribution in [3.05, 3.63) is 28.3 Å². The monoisotopic (exact) mass is 240 g/mol. The summed E-state index contributed by atoms with van der Waals surface area (Å²) in [6.07, 6.45) is 0. The summed E-state index contributed by atoms with van der Waals surface area (Å²) in [7, 11) is 1.50. The summed E-state index contributed by atoms with van der Waals surface area (Å²) < 4.78 is 5.01. The average Bonchev–Trinajstić information content (AvgIpc) is 2.35. The van der Waals surface area contributed by atoms with Crippen LogP contribution in [0.4, 0.5) is 11.4 Å². The lowest BCUT2D eigenvalue weighted by molar-refractivity contribution is -0.384. The molecular weight excluding hydrogens is 224 g/mol. The molecular formula is C11H16N2O4. The third kappa shape index (κ3) is 3.60. The van der Waals surface area contributed by atoms with Crippen molar-refractivity contribution in [2.24, 2.45) is 5.92 Å². The Hall–Kier alpha value is -1.82. The molecule has 1 atom stereocenters. The van der Waals surface area contributed by atoms with E-state index in [1.807, 2.05) is 6.92 Å². The van der Waals surface area contributed by atoms with Gasteiger partial charge in [-0.25, -0.2) is 0 Å². The molecule has 0 bridgehead atoms. The van der Waals surface area contributed by atoms with E-state index in [1.54, 1.807) is 12.1 Å². The maximum atomic E-state index is 10.8. The molecule has 1 unspecified atom stereocenters. The number of aliphatic hydroxyl groups is 1. The van der Waals surface area contributed by atoms with Crippen molar-refractivity contribution >= 4 is 11.4 Å². The van der Waals surface area contributed by atoms with Crippen LogP contribution in [0.1, 0.15) is 6.92 Å². The SMILES string of the molecule is COc1ccc([N+](=O)[O-])c(NCC(C)CO)c1. The number of ether oxygens (including phenoxy) is 1. The summed E-state index contributed by atoms with van der Waals surface area (Å²) in [6.45, 7) is 2.34. The second kappa shape index (κ2) is 6.05. The standard InChI is InChI=1S/C11H16N2O4/c1-8(7-14)6-12-10-5-9(17-2)3-4-11(10)13(15)16/h3-5,8,12,14H,6-7H2,1-2H3. The van der Waals surface area contributed by atoms with E-state index in [0.29, 0.717) is 18.0 Å². The summed E-state index contributed by atoms with van der Waals surface area (Å²) in [4.78, 5) is 10.4. The van der Waals surface area contributed by atoms with Crippen molar-refractivity contribution < 1.29 is 14.8 Å². The summed E-state index contributed by atoms with van der Waals surface area (Å²) >= 11 is 0. The van der Waals surface area contributed by atoms with Crippen molar-refractivity contribution in [1.29, 1.82) is 0 Å². The Bertz CT molecular complexity index is 395. The van der Waals surface area contributed by atoms with Crippen LogP contribution in [0, 0.1) is 16.0 Å². The molecule has 6 heteroatoms. The van der Waals surface area contributed by atoms with E-state index >= 15 is 0 Å². The van der Waals surface area contributed by atoms with Crippen LogP contribution in [-0.4, -0.2) is 30.3 Å². The first-order chi connectivity index (χ1) is 8.08. The Morgan fingerprint density at radius 2 is 2.29 bits per heavy atom. The number of hydrogen-bond acceptors (Lipinski definition) is 5. The van der Waals surface area contributed by atoms with Gasteiger partial charge in [-0.15, -0.1) is 0 Å². The number of nitro groups is 1. The summed E-state index contributed by atoms with van der Waals surface area (Å²) in [5.74, 6) is 0.579. The number of anilines is 1. The minimum atomic E-state index is -0.453. The van der Waals surface area contributed by atoms with Gasteiger partial charge in [0.15, 0.2) is 0 Å². The molecule has 0 aliphatic heterocycles. The van der Waals surface area contributed by atoms with Gasteiger partial charge in [0.1, 0.15) is 11.4 Å². The lowest BCUT2D eigenvalue weighted by Crippen LogP contribution is -2.15. The topological polar surface area (TPSA) is 84.6 Å². The molecule has 0 spiro atoms. The van der Waals surface area contributed by atoms with Gasteiger partial charge in [-0.3, -0.25) is 10.1 Å². The van der Waals surface area contributed by atoms with Gasteiger partial charge in [0.25, 0.3) is 5.69 Å². The molecule has 2 N–H and O–H groups in total. The number of benzene rings is 1. The highest BCUT2D eigenvalue weighted by Crippen LogP contribution is 2.28. The van der Waals surface area contributed by atoms with Crippen LogP contribution in [0.25, 0.3) is 0 Å². The number of nitro benzene ring substituents is 1. The Morgan fingerprint density at radius 1 is 1.59 bits per heavy atom. The van der Waals surface area contributed by atoms with Crippen molar-refractivity contribution in [1.82, 2.24) is 0 Å². The Morgan fingerprint density at radius 3 is 2.82 bits per heavy atom. The number of nitrogens with one attached hydrogen (secondary N) is 1. The zero-order valence-corrected chi connectivity index (χ0v) is 9.84. The van der Waals surface area contributed by atoms with Crippen LogP contribution in [-0.2, 0) is 0 Å². The fourth-order valence-corrected chi connectivity index (χ4v) is 1.29. The molecule has 1 aromatic rings. The minimum Gasteiger partial charge on any atom is -0.497 e.